The Morgan fingerprint density at radius 2 is 1.87 bits per heavy atom. The monoisotopic (exact) mass is 449 g/mol. The molecule has 0 spiro atoms. The number of amides is 2. The number of hydrogen-bond acceptors (Lipinski definition) is 4. The molecule has 0 saturated heterocycles. The average Bonchev–Trinajstić information content (AvgIpc) is 3.16. The van der Waals surface area contributed by atoms with Gasteiger partial charge < -0.3 is 10.2 Å². The molecule has 1 atom stereocenters. The first-order valence-electron chi connectivity index (χ1n) is 11.5. The Morgan fingerprint density at radius 3 is 2.52 bits per heavy atom. The van der Waals surface area contributed by atoms with Gasteiger partial charge in [0.2, 0.25) is 21.8 Å². The molecule has 0 radical (unpaired) electrons. The van der Waals surface area contributed by atoms with Crippen molar-refractivity contribution < 1.29 is 18.0 Å². The van der Waals surface area contributed by atoms with Gasteiger partial charge in [-0.25, -0.2) is 8.42 Å². The third-order valence-corrected chi connectivity index (χ3v) is 7.60. The van der Waals surface area contributed by atoms with Gasteiger partial charge in [0.05, 0.1) is 4.90 Å². The molecule has 0 aromatic heterocycles. The third-order valence-electron chi connectivity index (χ3n) is 6.13. The van der Waals surface area contributed by atoms with Crippen molar-refractivity contribution in [3.8, 4) is 0 Å². The summed E-state index contributed by atoms with van der Waals surface area (Å²) in [6, 6.07) is 4.17. The highest BCUT2D eigenvalue weighted by Gasteiger charge is 2.30. The molecular formula is C23H35N3O4S. The summed E-state index contributed by atoms with van der Waals surface area (Å²) in [6.07, 6.45) is 6.75. The van der Waals surface area contributed by atoms with Crippen LogP contribution in [0.4, 0.5) is 5.69 Å². The predicted octanol–water partition coefficient (Wildman–Crippen LogP) is 3.13. The van der Waals surface area contributed by atoms with Crippen molar-refractivity contribution in [2.45, 2.75) is 89.1 Å². The normalized spacial score (nSPS) is 18.1. The molecule has 7 nitrogen and oxygen atoms in total. The topological polar surface area (TPSA) is 95.6 Å². The van der Waals surface area contributed by atoms with E-state index in [0.717, 1.165) is 36.9 Å². The van der Waals surface area contributed by atoms with E-state index in [0.29, 0.717) is 25.8 Å². The molecule has 1 aliphatic carbocycles. The second-order valence-electron chi connectivity index (χ2n) is 9.09. The van der Waals surface area contributed by atoms with Crippen molar-refractivity contribution in [2.24, 2.45) is 5.92 Å². The van der Waals surface area contributed by atoms with Crippen molar-refractivity contribution in [1.82, 2.24) is 10.0 Å². The number of fused-ring (bicyclic) bond motifs is 1. The Morgan fingerprint density at radius 1 is 1.16 bits per heavy atom. The van der Waals surface area contributed by atoms with Gasteiger partial charge in [-0.15, -0.1) is 0 Å². The molecule has 172 valence electrons. The van der Waals surface area contributed by atoms with E-state index in [1.807, 2.05) is 20.8 Å². The van der Waals surface area contributed by atoms with Gasteiger partial charge in [0.25, 0.3) is 0 Å². The number of nitrogens with zero attached hydrogens (tertiary/aromatic N) is 1. The molecule has 1 aliphatic heterocycles. The highest BCUT2D eigenvalue weighted by molar-refractivity contribution is 7.89. The van der Waals surface area contributed by atoms with Gasteiger partial charge in [0, 0.05) is 24.7 Å². The summed E-state index contributed by atoms with van der Waals surface area (Å²) in [7, 11) is -3.87. The van der Waals surface area contributed by atoms with Crippen LogP contribution in [-0.4, -0.2) is 38.9 Å². The minimum Gasteiger partial charge on any atom is -0.352 e. The SMILES string of the molecule is CCC(=O)N1CCc2cc(S(=O)(=O)N[C@@H](CC(C)C)C(=O)NC3CCCCC3)ccc21. The van der Waals surface area contributed by atoms with Crippen molar-refractivity contribution >= 4 is 27.5 Å². The summed E-state index contributed by atoms with van der Waals surface area (Å²) in [5, 5.41) is 3.05. The lowest BCUT2D eigenvalue weighted by Gasteiger charge is -2.26. The molecule has 1 aromatic rings. The molecule has 0 unspecified atom stereocenters. The highest BCUT2D eigenvalue weighted by atomic mass is 32.2. The number of carbonyl (C=O) groups excluding carboxylic acids is 2. The maximum Gasteiger partial charge on any atom is 0.241 e. The van der Waals surface area contributed by atoms with Gasteiger partial charge in [-0.05, 0) is 55.4 Å². The first kappa shape index (κ1) is 23.7. The van der Waals surface area contributed by atoms with Crippen LogP contribution in [0.2, 0.25) is 0 Å². The summed E-state index contributed by atoms with van der Waals surface area (Å²) < 4.78 is 28.9. The zero-order valence-corrected chi connectivity index (χ0v) is 19.6. The minimum atomic E-state index is -3.87. The lowest BCUT2D eigenvalue weighted by molar-refractivity contribution is -0.124. The van der Waals surface area contributed by atoms with E-state index in [9.17, 15) is 18.0 Å². The van der Waals surface area contributed by atoms with Crippen LogP contribution in [0, 0.1) is 5.92 Å². The van der Waals surface area contributed by atoms with Crippen LogP contribution in [0.3, 0.4) is 0 Å². The summed E-state index contributed by atoms with van der Waals surface area (Å²) in [6.45, 7) is 6.34. The molecule has 1 aromatic carbocycles. The molecule has 2 amide bonds. The van der Waals surface area contributed by atoms with Crippen molar-refractivity contribution in [2.75, 3.05) is 11.4 Å². The Hall–Kier alpha value is -1.93. The summed E-state index contributed by atoms with van der Waals surface area (Å²) in [5.74, 6) is -0.0487. The molecule has 8 heteroatoms. The highest BCUT2D eigenvalue weighted by Crippen LogP contribution is 2.31. The van der Waals surface area contributed by atoms with Crippen molar-refractivity contribution in [1.29, 1.82) is 0 Å². The lowest BCUT2D eigenvalue weighted by Crippen LogP contribution is -2.50. The summed E-state index contributed by atoms with van der Waals surface area (Å²) in [5.41, 5.74) is 1.62. The van der Waals surface area contributed by atoms with Crippen LogP contribution in [0.15, 0.2) is 23.1 Å². The van der Waals surface area contributed by atoms with Gasteiger partial charge in [0.15, 0.2) is 0 Å². The number of anilines is 1. The van der Waals surface area contributed by atoms with Crippen LogP contribution in [-0.2, 0) is 26.0 Å². The summed E-state index contributed by atoms with van der Waals surface area (Å²) >= 11 is 0. The third kappa shape index (κ3) is 5.86. The van der Waals surface area contributed by atoms with Gasteiger partial charge >= 0.3 is 0 Å². The molecule has 3 rings (SSSR count). The fourth-order valence-corrected chi connectivity index (χ4v) is 5.74. The van der Waals surface area contributed by atoms with Crippen LogP contribution < -0.4 is 14.9 Å². The number of nitrogens with one attached hydrogen (secondary N) is 2. The van der Waals surface area contributed by atoms with Gasteiger partial charge in [-0.3, -0.25) is 9.59 Å². The van der Waals surface area contributed by atoms with E-state index in [2.05, 4.69) is 10.0 Å². The molecule has 0 bridgehead atoms. The number of sulfonamides is 1. The molecule has 1 fully saturated rings. The largest absolute Gasteiger partial charge is 0.352 e. The number of rotatable bonds is 8. The number of hydrogen-bond donors (Lipinski definition) is 2. The quantitative estimate of drug-likeness (QED) is 0.637. The van der Waals surface area contributed by atoms with E-state index in [1.165, 1.54) is 12.5 Å². The van der Waals surface area contributed by atoms with Crippen LogP contribution in [0.5, 0.6) is 0 Å². The molecule has 1 saturated carbocycles. The Balaban J connectivity index is 1.76. The zero-order chi connectivity index (χ0) is 22.6. The second kappa shape index (κ2) is 10.1. The maximum absolute atomic E-state index is 13.1. The summed E-state index contributed by atoms with van der Waals surface area (Å²) in [4.78, 5) is 26.9. The average molecular weight is 450 g/mol. The first-order valence-corrected chi connectivity index (χ1v) is 13.0. The van der Waals surface area contributed by atoms with Crippen molar-refractivity contribution in [3.63, 3.8) is 0 Å². The van der Waals surface area contributed by atoms with Gasteiger partial charge in [-0.1, -0.05) is 40.0 Å². The van der Waals surface area contributed by atoms with Gasteiger partial charge in [-0.2, -0.15) is 4.72 Å². The fraction of sp³-hybridized carbons (Fsp3) is 0.652. The predicted molar refractivity (Wildman–Crippen MR) is 121 cm³/mol. The number of carbonyl (C=O) groups is 2. The maximum atomic E-state index is 13.1. The Kier molecular flexibility index (Phi) is 7.75. The van der Waals surface area contributed by atoms with E-state index in [4.69, 9.17) is 0 Å². The molecule has 2 aliphatic rings. The first-order chi connectivity index (χ1) is 14.7. The Bertz CT molecular complexity index is 907. The van der Waals surface area contributed by atoms with E-state index in [-0.39, 0.29) is 28.7 Å². The minimum absolute atomic E-state index is 0.0314. The molecule has 2 N–H and O–H groups in total. The van der Waals surface area contributed by atoms with E-state index >= 15 is 0 Å². The molecule has 1 heterocycles. The van der Waals surface area contributed by atoms with Gasteiger partial charge in [0.1, 0.15) is 6.04 Å². The van der Waals surface area contributed by atoms with Crippen LogP contribution in [0.1, 0.15) is 71.3 Å². The molecular weight excluding hydrogens is 414 g/mol. The van der Waals surface area contributed by atoms with Crippen molar-refractivity contribution in [3.05, 3.63) is 23.8 Å². The fourth-order valence-electron chi connectivity index (χ4n) is 4.48. The second-order valence-corrected chi connectivity index (χ2v) is 10.8. The number of benzene rings is 1. The molecule has 31 heavy (non-hydrogen) atoms. The lowest BCUT2D eigenvalue weighted by atomic mass is 9.95. The van der Waals surface area contributed by atoms with Crippen LogP contribution in [0.25, 0.3) is 0 Å². The Labute approximate surface area is 186 Å². The van der Waals surface area contributed by atoms with E-state index in [1.54, 1.807) is 17.0 Å². The van der Waals surface area contributed by atoms with E-state index < -0.39 is 16.1 Å². The standard InChI is InChI=1S/C23H35N3O4S/c1-4-22(27)26-13-12-17-15-19(10-11-21(17)26)31(29,30)25-20(14-16(2)3)23(28)24-18-8-6-5-7-9-18/h10-11,15-16,18,20,25H,4-9,12-14H2,1-3H3,(H,24,28)/t20-/m0/s1. The smallest absolute Gasteiger partial charge is 0.241 e. The van der Waals surface area contributed by atoms with Crippen LogP contribution >= 0.6 is 0 Å². The zero-order valence-electron chi connectivity index (χ0n) is 18.8.